The van der Waals surface area contributed by atoms with Crippen LogP contribution in [-0.2, 0) is 19.5 Å². The molecule has 0 spiro atoms. The largest absolute Gasteiger partial charge is 0.456 e. The molecule has 0 unspecified atom stereocenters. The second-order valence-corrected chi connectivity index (χ2v) is 12.8. The van der Waals surface area contributed by atoms with Crippen LogP contribution >= 0.6 is 16.8 Å². The van der Waals surface area contributed by atoms with Gasteiger partial charge in [-0.3, -0.25) is 0 Å². The molecule has 184 valence electrons. The van der Waals surface area contributed by atoms with E-state index in [9.17, 15) is 12.6 Å². The zero-order valence-corrected chi connectivity index (χ0v) is 23.7. The van der Waals surface area contributed by atoms with E-state index in [1.807, 2.05) is 0 Å². The predicted molar refractivity (Wildman–Crippen MR) is 138 cm³/mol. The molecule has 2 aromatic rings. The van der Waals surface area contributed by atoms with Crippen LogP contribution < -0.4 is 0 Å². The number of rotatable bonds is 6. The van der Waals surface area contributed by atoms with Crippen molar-refractivity contribution in [3.05, 3.63) is 103 Å². The molecular formula is C27H36F3P2Rh. The van der Waals surface area contributed by atoms with Crippen LogP contribution in [0, 0.1) is 31.6 Å². The molecule has 2 aromatic carbocycles. The van der Waals surface area contributed by atoms with Crippen molar-refractivity contribution < 1.29 is 32.1 Å². The molecule has 0 aromatic heterocycles. The standard InChI is InChI=1S/C18H15.C9H21P.F3P.Rh/c1-3-9-15(10-4-1)18(17-13-7-8-14-17)16-11-5-2-6-12-16;1-7(2)10(8(3)4)9(5)6;1-4(2)3;/h1-14,18H;7-9H,1-6H3;;. The van der Waals surface area contributed by atoms with Crippen LogP contribution in [0.3, 0.4) is 0 Å². The molecule has 33 heavy (non-hydrogen) atoms. The predicted octanol–water partition coefficient (Wildman–Crippen LogP) is 10.0. The van der Waals surface area contributed by atoms with Crippen molar-refractivity contribution in [2.24, 2.45) is 0 Å². The summed E-state index contributed by atoms with van der Waals surface area (Å²) in [7, 11) is -3.86. The Kier molecular flexibility index (Phi) is 17.9. The van der Waals surface area contributed by atoms with E-state index in [0.29, 0.717) is 5.92 Å². The van der Waals surface area contributed by atoms with Gasteiger partial charge in [0.05, 0.1) is 0 Å². The summed E-state index contributed by atoms with van der Waals surface area (Å²) in [5.41, 5.74) is 5.38. The van der Waals surface area contributed by atoms with Crippen molar-refractivity contribution >= 4 is 16.8 Å². The fourth-order valence-electron chi connectivity index (χ4n) is 4.24. The van der Waals surface area contributed by atoms with E-state index in [1.165, 1.54) is 17.0 Å². The molecule has 1 aliphatic rings. The summed E-state index contributed by atoms with van der Waals surface area (Å²) in [6, 6.07) is 21.3. The minimum Gasteiger partial charge on any atom is -0.152 e. The SMILES string of the molecule is CC(C)P(C(C)C)C(C)C.FP(F)F.[CH]1[CH][CH][C](C(c2ccccc2)c2ccccc2)[CH]1.[Rh]. The van der Waals surface area contributed by atoms with Gasteiger partial charge in [0.2, 0.25) is 0 Å². The van der Waals surface area contributed by atoms with E-state index < -0.39 is 8.85 Å². The summed E-state index contributed by atoms with van der Waals surface area (Å²) >= 11 is 0. The van der Waals surface area contributed by atoms with Crippen molar-refractivity contribution in [1.82, 2.24) is 0 Å². The Morgan fingerprint density at radius 1 is 0.576 bits per heavy atom. The quantitative estimate of drug-likeness (QED) is 0.235. The average molecular weight is 582 g/mol. The molecular weight excluding hydrogens is 546 g/mol. The van der Waals surface area contributed by atoms with Crippen LogP contribution in [0.15, 0.2) is 60.7 Å². The second-order valence-electron chi connectivity index (χ2n) is 8.39. The van der Waals surface area contributed by atoms with Crippen molar-refractivity contribution in [2.45, 2.75) is 64.4 Å². The van der Waals surface area contributed by atoms with Gasteiger partial charge in [-0.2, -0.15) is 12.6 Å². The molecule has 1 aliphatic carbocycles. The topological polar surface area (TPSA) is 0 Å². The molecule has 3 rings (SSSR count). The number of benzene rings is 2. The van der Waals surface area contributed by atoms with Gasteiger partial charge in [0.15, 0.2) is 0 Å². The minimum absolute atomic E-state index is 0. The summed E-state index contributed by atoms with van der Waals surface area (Å²) in [6.45, 7) is 14.1. The van der Waals surface area contributed by atoms with E-state index in [4.69, 9.17) is 0 Å². The first-order valence-corrected chi connectivity index (χ1v) is 13.6. The number of hydrogen-bond donors (Lipinski definition) is 0. The molecule has 0 heterocycles. The maximum atomic E-state index is 9.73. The van der Waals surface area contributed by atoms with Gasteiger partial charge >= 0.3 is 8.85 Å². The van der Waals surface area contributed by atoms with Crippen LogP contribution in [0.25, 0.3) is 0 Å². The smallest absolute Gasteiger partial charge is 0.152 e. The average Bonchev–Trinajstić information content (AvgIpc) is 3.23. The summed E-state index contributed by atoms with van der Waals surface area (Å²) in [5.74, 6) is 1.69. The maximum absolute atomic E-state index is 9.73. The van der Waals surface area contributed by atoms with Crippen LogP contribution in [0.5, 0.6) is 0 Å². The molecule has 0 amide bonds. The molecule has 0 atom stereocenters. The Labute approximate surface area is 216 Å². The Hall–Kier alpha value is -0.287. The van der Waals surface area contributed by atoms with Gasteiger partial charge in [-0.15, -0.1) is 0 Å². The van der Waals surface area contributed by atoms with Crippen molar-refractivity contribution in [3.8, 4) is 0 Å². The van der Waals surface area contributed by atoms with Gasteiger partial charge in [-0.1, -0.05) is 110 Å². The fraction of sp³-hybridized carbons (Fsp3) is 0.370. The number of hydrogen-bond acceptors (Lipinski definition) is 0. The van der Waals surface area contributed by atoms with E-state index in [-0.39, 0.29) is 27.4 Å². The first-order valence-electron chi connectivity index (χ1n) is 11.0. The Balaban J connectivity index is 0.000000585. The molecule has 6 heteroatoms. The Bertz CT molecular complexity index is 645. The third kappa shape index (κ3) is 12.8. The van der Waals surface area contributed by atoms with Gasteiger partial charge in [-0.05, 0) is 59.7 Å². The zero-order valence-electron chi connectivity index (χ0n) is 20.3. The second kappa shape index (κ2) is 18.0. The summed E-state index contributed by atoms with van der Waals surface area (Å²) in [6.07, 6.45) is 8.61. The van der Waals surface area contributed by atoms with Crippen molar-refractivity contribution in [3.63, 3.8) is 0 Å². The maximum Gasteiger partial charge on any atom is 0.456 e. The van der Waals surface area contributed by atoms with Crippen molar-refractivity contribution in [2.75, 3.05) is 0 Å². The van der Waals surface area contributed by atoms with E-state index >= 15 is 0 Å². The summed E-state index contributed by atoms with van der Waals surface area (Å²) in [4.78, 5) is 0. The van der Waals surface area contributed by atoms with Crippen LogP contribution in [0.1, 0.15) is 58.6 Å². The van der Waals surface area contributed by atoms with Gasteiger partial charge in [-0.25, -0.2) is 0 Å². The molecule has 0 N–H and O–H groups in total. The van der Waals surface area contributed by atoms with E-state index in [1.54, 1.807) is 0 Å². The van der Waals surface area contributed by atoms with E-state index in [0.717, 1.165) is 17.0 Å². The Morgan fingerprint density at radius 2 is 0.879 bits per heavy atom. The third-order valence-corrected chi connectivity index (χ3v) is 8.65. The molecule has 0 nitrogen and oxygen atoms in total. The third-order valence-electron chi connectivity index (χ3n) is 5.08. The molecule has 0 saturated heterocycles. The van der Waals surface area contributed by atoms with Crippen molar-refractivity contribution in [1.29, 1.82) is 0 Å². The number of halogens is 3. The monoisotopic (exact) mass is 582 g/mol. The minimum atomic E-state index is -4.12. The van der Waals surface area contributed by atoms with Gasteiger partial charge in [0, 0.05) is 25.4 Å². The van der Waals surface area contributed by atoms with Crippen LogP contribution in [-0.4, -0.2) is 17.0 Å². The first-order chi connectivity index (χ1) is 15.1. The molecule has 1 saturated carbocycles. The normalized spacial score (nSPS) is 13.8. The van der Waals surface area contributed by atoms with Gasteiger partial charge < -0.3 is 0 Å². The molecule has 1 fully saturated rings. The van der Waals surface area contributed by atoms with Crippen LogP contribution in [0.2, 0.25) is 0 Å². The summed E-state index contributed by atoms with van der Waals surface area (Å²) in [5, 5.41) is 0. The first kappa shape index (κ1) is 32.7. The zero-order chi connectivity index (χ0) is 24.1. The van der Waals surface area contributed by atoms with Gasteiger partial charge in [0.1, 0.15) is 0 Å². The Morgan fingerprint density at radius 3 is 1.12 bits per heavy atom. The molecule has 6 radical (unpaired) electrons. The van der Waals surface area contributed by atoms with Crippen LogP contribution in [0.4, 0.5) is 12.6 Å². The van der Waals surface area contributed by atoms with Gasteiger partial charge in [0.25, 0.3) is 0 Å². The molecule has 0 bridgehead atoms. The molecule has 0 aliphatic heterocycles. The summed E-state index contributed by atoms with van der Waals surface area (Å²) < 4.78 is 29.2. The fourth-order valence-corrected chi connectivity index (χ4v) is 7.82. The van der Waals surface area contributed by atoms with E-state index in [2.05, 4.69) is 128 Å².